The third-order valence-electron chi connectivity index (χ3n) is 5.84. The summed E-state index contributed by atoms with van der Waals surface area (Å²) in [6, 6.07) is 7.60. The molecule has 9 heteroatoms. The number of hydrogen-bond donors (Lipinski definition) is 3. The topological polar surface area (TPSA) is 117 Å². The minimum absolute atomic E-state index is 0.178. The fraction of sp³-hybridized carbons (Fsp3) is 0.348. The fourth-order valence-corrected chi connectivity index (χ4v) is 4.11. The van der Waals surface area contributed by atoms with E-state index in [1.165, 1.54) is 0 Å². The monoisotopic (exact) mass is 431 g/mol. The maximum Gasteiger partial charge on any atom is 0.253 e. The fourth-order valence-electron chi connectivity index (χ4n) is 4.11. The lowest BCUT2D eigenvalue weighted by Gasteiger charge is -2.26. The molecule has 1 aliphatic carbocycles. The van der Waals surface area contributed by atoms with Crippen LogP contribution < -0.4 is 10.6 Å². The highest BCUT2D eigenvalue weighted by atomic mass is 16.3. The summed E-state index contributed by atoms with van der Waals surface area (Å²) in [4.78, 5) is 30.6. The highest BCUT2D eigenvalue weighted by molar-refractivity contribution is 6.05. The van der Waals surface area contributed by atoms with Gasteiger partial charge in [0.2, 0.25) is 11.7 Å². The summed E-state index contributed by atoms with van der Waals surface area (Å²) < 4.78 is 1.86. The third-order valence-corrected chi connectivity index (χ3v) is 5.84. The van der Waals surface area contributed by atoms with Gasteiger partial charge in [-0.2, -0.15) is 0 Å². The predicted molar refractivity (Wildman–Crippen MR) is 120 cm³/mol. The highest BCUT2D eigenvalue weighted by Crippen LogP contribution is 2.22. The van der Waals surface area contributed by atoms with Gasteiger partial charge in [0, 0.05) is 49.2 Å². The first-order valence-electron chi connectivity index (χ1n) is 10.9. The van der Waals surface area contributed by atoms with Crippen molar-refractivity contribution in [2.75, 3.05) is 11.9 Å². The van der Waals surface area contributed by atoms with Gasteiger partial charge in [-0.1, -0.05) is 12.1 Å². The number of aliphatic hydroxyl groups is 1. The summed E-state index contributed by atoms with van der Waals surface area (Å²) in [7, 11) is 0. The van der Waals surface area contributed by atoms with Gasteiger partial charge in [0.1, 0.15) is 0 Å². The van der Waals surface area contributed by atoms with Crippen LogP contribution in [-0.2, 0) is 6.42 Å². The molecule has 1 aromatic carbocycles. The number of nitrogens with one attached hydrogen (secondary N) is 2. The van der Waals surface area contributed by atoms with E-state index in [4.69, 9.17) is 0 Å². The zero-order valence-electron chi connectivity index (χ0n) is 17.6. The van der Waals surface area contributed by atoms with Crippen LogP contribution in [0.3, 0.4) is 0 Å². The second kappa shape index (κ2) is 8.88. The molecule has 4 aromatic rings. The van der Waals surface area contributed by atoms with Crippen LogP contribution >= 0.6 is 0 Å². The number of imidazole rings is 1. The zero-order valence-corrected chi connectivity index (χ0v) is 17.6. The predicted octanol–water partition coefficient (Wildman–Crippen LogP) is 2.36. The van der Waals surface area contributed by atoms with Crippen molar-refractivity contribution in [2.45, 2.75) is 44.2 Å². The van der Waals surface area contributed by atoms with Gasteiger partial charge in [0.15, 0.2) is 0 Å². The maximum absolute atomic E-state index is 12.9. The van der Waals surface area contributed by atoms with Crippen molar-refractivity contribution in [1.82, 2.24) is 29.7 Å². The maximum atomic E-state index is 12.9. The van der Waals surface area contributed by atoms with Crippen molar-refractivity contribution in [3.8, 4) is 0 Å². The standard InChI is InChI=1S/C23H25N7O2/c31-18-7-5-16(6-8-18)27-22-26-13-15-3-1-4-19(20(15)29-22)21(32)24-11-9-17-14-30-12-2-10-25-23(30)28-17/h1-4,10,12-14,16,18,31H,5-9,11H2,(H,24,32)(H,26,27,29)/t16-,18-. The molecule has 1 fully saturated rings. The van der Waals surface area contributed by atoms with Crippen molar-refractivity contribution in [1.29, 1.82) is 0 Å². The number of aromatic nitrogens is 5. The smallest absolute Gasteiger partial charge is 0.253 e. The number of rotatable bonds is 6. The summed E-state index contributed by atoms with van der Waals surface area (Å²) in [6.07, 6.45) is 11.0. The Hall–Kier alpha value is -3.59. The van der Waals surface area contributed by atoms with Crippen LogP contribution in [0.25, 0.3) is 16.7 Å². The molecular formula is C23H25N7O2. The molecule has 0 unspecified atom stereocenters. The van der Waals surface area contributed by atoms with Gasteiger partial charge in [0.25, 0.3) is 5.91 Å². The molecule has 3 N–H and O–H groups in total. The van der Waals surface area contributed by atoms with Crippen LogP contribution in [0.1, 0.15) is 41.7 Å². The van der Waals surface area contributed by atoms with Gasteiger partial charge < -0.3 is 15.7 Å². The Balaban J connectivity index is 1.27. The van der Waals surface area contributed by atoms with Crippen molar-refractivity contribution in [3.63, 3.8) is 0 Å². The van der Waals surface area contributed by atoms with Crippen LogP contribution in [0.2, 0.25) is 0 Å². The van der Waals surface area contributed by atoms with Crippen molar-refractivity contribution in [2.24, 2.45) is 0 Å². The number of carbonyl (C=O) groups is 1. The summed E-state index contributed by atoms with van der Waals surface area (Å²) in [5, 5.41) is 16.8. The molecule has 0 radical (unpaired) electrons. The molecule has 0 spiro atoms. The SMILES string of the molecule is O=C(NCCc1cn2cccnc2n1)c1cccc2cnc(N[C@H]3CC[C@H](O)CC3)nc12. The first-order chi connectivity index (χ1) is 15.7. The van der Waals surface area contributed by atoms with Gasteiger partial charge >= 0.3 is 0 Å². The average molecular weight is 432 g/mol. The lowest BCUT2D eigenvalue weighted by atomic mass is 9.93. The molecule has 32 heavy (non-hydrogen) atoms. The number of anilines is 1. The van der Waals surface area contributed by atoms with E-state index in [0.717, 1.165) is 36.8 Å². The van der Waals surface area contributed by atoms with Gasteiger partial charge in [-0.15, -0.1) is 0 Å². The minimum atomic E-state index is -0.210. The molecule has 1 aliphatic rings. The van der Waals surface area contributed by atoms with E-state index in [1.807, 2.05) is 35.0 Å². The Morgan fingerprint density at radius 1 is 1.12 bits per heavy atom. The van der Waals surface area contributed by atoms with E-state index in [1.54, 1.807) is 18.5 Å². The van der Waals surface area contributed by atoms with E-state index in [2.05, 4.69) is 30.6 Å². The average Bonchev–Trinajstić information content (AvgIpc) is 3.23. The molecule has 0 bridgehead atoms. The normalized spacial score (nSPS) is 18.7. The zero-order chi connectivity index (χ0) is 21.9. The molecule has 3 aromatic heterocycles. The number of benzene rings is 1. The lowest BCUT2D eigenvalue weighted by Crippen LogP contribution is -2.29. The van der Waals surface area contributed by atoms with E-state index in [-0.39, 0.29) is 18.1 Å². The number of para-hydroxylation sites is 1. The van der Waals surface area contributed by atoms with Gasteiger partial charge in [-0.3, -0.25) is 9.20 Å². The number of carbonyl (C=O) groups excluding carboxylic acids is 1. The van der Waals surface area contributed by atoms with Crippen LogP contribution in [0.5, 0.6) is 0 Å². The van der Waals surface area contributed by atoms with Crippen LogP contribution in [0.15, 0.2) is 49.1 Å². The largest absolute Gasteiger partial charge is 0.393 e. The molecule has 1 amide bonds. The molecule has 0 saturated heterocycles. The third kappa shape index (κ3) is 4.38. The Labute approximate surface area is 185 Å². The Morgan fingerprint density at radius 3 is 2.84 bits per heavy atom. The second-order valence-corrected chi connectivity index (χ2v) is 8.15. The van der Waals surface area contributed by atoms with E-state index in [0.29, 0.717) is 35.8 Å². The molecular weight excluding hydrogens is 406 g/mol. The summed E-state index contributed by atoms with van der Waals surface area (Å²) >= 11 is 0. The Morgan fingerprint density at radius 2 is 2.00 bits per heavy atom. The number of aliphatic hydroxyl groups excluding tert-OH is 1. The number of nitrogens with zero attached hydrogens (tertiary/aromatic N) is 5. The van der Waals surface area contributed by atoms with E-state index in [9.17, 15) is 9.90 Å². The van der Waals surface area contributed by atoms with Crippen molar-refractivity contribution >= 4 is 28.5 Å². The molecule has 3 heterocycles. The molecule has 9 nitrogen and oxygen atoms in total. The molecule has 0 aliphatic heterocycles. The molecule has 164 valence electrons. The lowest BCUT2D eigenvalue weighted by molar-refractivity contribution is 0.0955. The van der Waals surface area contributed by atoms with Crippen molar-refractivity contribution in [3.05, 3.63) is 60.3 Å². The quantitative estimate of drug-likeness (QED) is 0.429. The highest BCUT2D eigenvalue weighted by Gasteiger charge is 2.20. The molecule has 1 saturated carbocycles. The second-order valence-electron chi connectivity index (χ2n) is 8.15. The first-order valence-corrected chi connectivity index (χ1v) is 10.9. The van der Waals surface area contributed by atoms with Gasteiger partial charge in [0.05, 0.1) is 22.9 Å². The van der Waals surface area contributed by atoms with Gasteiger partial charge in [-0.05, 0) is 37.8 Å². The van der Waals surface area contributed by atoms with Gasteiger partial charge in [-0.25, -0.2) is 19.9 Å². The summed E-state index contributed by atoms with van der Waals surface area (Å²) in [5.41, 5.74) is 2.01. The summed E-state index contributed by atoms with van der Waals surface area (Å²) in [5.74, 6) is 0.978. The minimum Gasteiger partial charge on any atom is -0.393 e. The Kier molecular flexibility index (Phi) is 5.64. The molecule has 0 atom stereocenters. The number of hydrogen-bond acceptors (Lipinski definition) is 7. The van der Waals surface area contributed by atoms with E-state index >= 15 is 0 Å². The van der Waals surface area contributed by atoms with Crippen molar-refractivity contribution < 1.29 is 9.90 Å². The molecule has 5 rings (SSSR count). The Bertz CT molecular complexity index is 1210. The number of fused-ring (bicyclic) bond motifs is 2. The van der Waals surface area contributed by atoms with Crippen LogP contribution in [0.4, 0.5) is 5.95 Å². The van der Waals surface area contributed by atoms with Crippen LogP contribution in [0, 0.1) is 0 Å². The number of amides is 1. The van der Waals surface area contributed by atoms with Crippen LogP contribution in [-0.4, -0.2) is 54.0 Å². The van der Waals surface area contributed by atoms with E-state index < -0.39 is 0 Å². The first kappa shape index (κ1) is 20.3. The summed E-state index contributed by atoms with van der Waals surface area (Å²) in [6.45, 7) is 0.458.